The fourth-order valence-electron chi connectivity index (χ4n) is 6.63. The molecule has 0 spiro atoms. The van der Waals surface area contributed by atoms with Gasteiger partial charge in [0, 0.05) is 28.9 Å². The largest absolute Gasteiger partial charge is 0.426 e. The van der Waals surface area contributed by atoms with E-state index in [0.29, 0.717) is 24.1 Å². The van der Waals surface area contributed by atoms with E-state index in [2.05, 4.69) is 32.7 Å². The molecule has 6 rings (SSSR count). The van der Waals surface area contributed by atoms with Crippen molar-refractivity contribution in [1.29, 1.82) is 0 Å². The highest BCUT2D eigenvalue weighted by Crippen LogP contribution is 2.44. The van der Waals surface area contributed by atoms with Crippen molar-refractivity contribution in [2.24, 2.45) is 0 Å². The van der Waals surface area contributed by atoms with Crippen molar-refractivity contribution in [3.8, 4) is 17.0 Å². The predicted octanol–water partition coefficient (Wildman–Crippen LogP) is 7.07. The van der Waals surface area contributed by atoms with Gasteiger partial charge in [-0.15, -0.1) is 0 Å². The standard InChI is InChI=1S/C32H37F4N5O/c1-19(2)41-18-32(35,36)42-31-25(33)14-22(15-27(31)41)30-26(34)17-37-28(39-30)16-23-8-9-24(20-10-12-40(3)13-11-20)29(38-23)21-6-4-5-7-21/h8-9,14-15,17,19-21H,4-7,10-13,16,18H2,1-3H3. The zero-order valence-electron chi connectivity index (χ0n) is 24.3. The van der Waals surface area contributed by atoms with Crippen LogP contribution in [-0.2, 0) is 6.42 Å². The molecule has 6 nitrogen and oxygen atoms in total. The topological polar surface area (TPSA) is 54.4 Å². The molecule has 1 aliphatic carbocycles. The number of aromatic nitrogens is 3. The lowest BCUT2D eigenvalue weighted by molar-refractivity contribution is -0.174. The monoisotopic (exact) mass is 583 g/mol. The van der Waals surface area contributed by atoms with Crippen LogP contribution in [0.15, 0.2) is 30.5 Å². The lowest BCUT2D eigenvalue weighted by atomic mass is 9.84. The number of benzene rings is 1. The first-order valence-corrected chi connectivity index (χ1v) is 14.9. The molecular weight excluding hydrogens is 546 g/mol. The Balaban J connectivity index is 1.32. The second-order valence-corrected chi connectivity index (χ2v) is 12.3. The molecule has 0 bridgehead atoms. The predicted molar refractivity (Wildman–Crippen MR) is 153 cm³/mol. The van der Waals surface area contributed by atoms with Gasteiger partial charge in [-0.25, -0.2) is 18.7 Å². The molecule has 0 N–H and O–H groups in total. The number of nitrogens with zero attached hydrogens (tertiary/aromatic N) is 5. The van der Waals surface area contributed by atoms with Gasteiger partial charge in [-0.1, -0.05) is 18.9 Å². The molecule has 0 radical (unpaired) electrons. The zero-order valence-corrected chi connectivity index (χ0v) is 24.3. The molecule has 3 aliphatic rings. The van der Waals surface area contributed by atoms with Crippen molar-refractivity contribution in [3.63, 3.8) is 0 Å². The normalized spacial score (nSPS) is 19.8. The van der Waals surface area contributed by atoms with Gasteiger partial charge in [-0.2, -0.15) is 8.78 Å². The highest BCUT2D eigenvalue weighted by atomic mass is 19.3. The smallest absolute Gasteiger partial charge is 0.416 e. The Morgan fingerprint density at radius 3 is 2.43 bits per heavy atom. The number of hydrogen-bond acceptors (Lipinski definition) is 6. The molecular formula is C32H37F4N5O. The Bertz CT molecular complexity index is 1450. The molecule has 2 aromatic heterocycles. The van der Waals surface area contributed by atoms with Crippen molar-refractivity contribution in [3.05, 3.63) is 64.9 Å². The summed E-state index contributed by atoms with van der Waals surface area (Å²) in [4.78, 5) is 17.6. The van der Waals surface area contributed by atoms with Crippen LogP contribution in [0.4, 0.5) is 23.2 Å². The number of piperidine rings is 1. The number of fused-ring (bicyclic) bond motifs is 1. The lowest BCUT2D eigenvalue weighted by Gasteiger charge is -2.38. The summed E-state index contributed by atoms with van der Waals surface area (Å²) >= 11 is 0. The molecule has 3 aromatic rings. The van der Waals surface area contributed by atoms with Crippen molar-refractivity contribution in [2.45, 2.75) is 82.8 Å². The lowest BCUT2D eigenvalue weighted by Crippen LogP contribution is -2.48. The number of hydrogen-bond donors (Lipinski definition) is 0. The molecule has 0 atom stereocenters. The average molecular weight is 584 g/mol. The third-order valence-corrected chi connectivity index (χ3v) is 8.88. The summed E-state index contributed by atoms with van der Waals surface area (Å²) in [6.07, 6.45) is 4.77. The molecule has 0 amide bonds. The van der Waals surface area contributed by atoms with Crippen LogP contribution in [0.5, 0.6) is 5.75 Å². The van der Waals surface area contributed by atoms with Gasteiger partial charge in [-0.05, 0) is 89.3 Å². The number of alkyl halides is 2. The van der Waals surface area contributed by atoms with Gasteiger partial charge in [0.15, 0.2) is 17.4 Å². The first-order chi connectivity index (χ1) is 20.1. The van der Waals surface area contributed by atoms with Crippen LogP contribution in [0.25, 0.3) is 11.3 Å². The summed E-state index contributed by atoms with van der Waals surface area (Å²) in [5, 5.41) is 0. The highest BCUT2D eigenvalue weighted by Gasteiger charge is 2.43. The summed E-state index contributed by atoms with van der Waals surface area (Å²) in [5.74, 6) is -0.980. The van der Waals surface area contributed by atoms with Gasteiger partial charge in [-0.3, -0.25) is 4.98 Å². The van der Waals surface area contributed by atoms with E-state index in [0.717, 1.165) is 56.7 Å². The third-order valence-electron chi connectivity index (χ3n) is 8.88. The maximum atomic E-state index is 15.1. The van der Waals surface area contributed by atoms with Gasteiger partial charge in [0.1, 0.15) is 18.1 Å². The Morgan fingerprint density at radius 2 is 1.71 bits per heavy atom. The number of ether oxygens (including phenoxy) is 1. The zero-order chi connectivity index (χ0) is 29.6. The Hall–Kier alpha value is -3.27. The van der Waals surface area contributed by atoms with Crippen LogP contribution < -0.4 is 9.64 Å². The van der Waals surface area contributed by atoms with E-state index < -0.39 is 30.0 Å². The summed E-state index contributed by atoms with van der Waals surface area (Å²) in [6, 6.07) is 6.31. The summed E-state index contributed by atoms with van der Waals surface area (Å²) in [5.41, 5.74) is 3.52. The van der Waals surface area contributed by atoms with Crippen molar-refractivity contribution < 1.29 is 22.3 Å². The van der Waals surface area contributed by atoms with Crippen LogP contribution in [0, 0.1) is 11.6 Å². The van der Waals surface area contributed by atoms with E-state index in [1.807, 2.05) is 6.07 Å². The third kappa shape index (κ3) is 5.82. The van der Waals surface area contributed by atoms with Gasteiger partial charge < -0.3 is 14.5 Å². The molecule has 4 heterocycles. The van der Waals surface area contributed by atoms with Crippen LogP contribution in [-0.4, -0.2) is 58.7 Å². The second-order valence-electron chi connectivity index (χ2n) is 12.3. The number of halogens is 4. The summed E-state index contributed by atoms with van der Waals surface area (Å²) < 4.78 is 63.2. The van der Waals surface area contributed by atoms with Crippen LogP contribution in [0.1, 0.15) is 87.0 Å². The Morgan fingerprint density at radius 1 is 0.976 bits per heavy atom. The molecule has 1 saturated carbocycles. The molecule has 2 aliphatic heterocycles. The van der Waals surface area contributed by atoms with E-state index in [9.17, 15) is 8.78 Å². The SMILES string of the molecule is CC(C)N1CC(F)(F)Oc2c(F)cc(-c3nc(Cc4ccc(C5CCN(C)CC5)c(C5CCCC5)n4)ncc3F)cc21. The summed E-state index contributed by atoms with van der Waals surface area (Å²) in [6.45, 7) is 4.87. The molecule has 42 heavy (non-hydrogen) atoms. The summed E-state index contributed by atoms with van der Waals surface area (Å²) in [7, 11) is 2.16. The van der Waals surface area contributed by atoms with Crippen molar-refractivity contribution in [2.75, 3.05) is 31.6 Å². The number of rotatable bonds is 6. The fourth-order valence-corrected chi connectivity index (χ4v) is 6.63. The molecule has 10 heteroatoms. The quantitative estimate of drug-likeness (QED) is 0.289. The van der Waals surface area contributed by atoms with E-state index in [4.69, 9.17) is 4.98 Å². The molecule has 224 valence electrons. The van der Waals surface area contributed by atoms with Crippen LogP contribution in [0.3, 0.4) is 0 Å². The van der Waals surface area contributed by atoms with E-state index >= 15 is 8.78 Å². The van der Waals surface area contributed by atoms with E-state index in [-0.39, 0.29) is 23.0 Å². The van der Waals surface area contributed by atoms with Crippen LogP contribution in [0.2, 0.25) is 0 Å². The van der Waals surface area contributed by atoms with E-state index in [1.165, 1.54) is 35.1 Å². The number of anilines is 1. The molecule has 1 aromatic carbocycles. The first-order valence-electron chi connectivity index (χ1n) is 14.9. The van der Waals surface area contributed by atoms with Gasteiger partial charge >= 0.3 is 6.11 Å². The van der Waals surface area contributed by atoms with Crippen LogP contribution >= 0.6 is 0 Å². The first kappa shape index (κ1) is 28.8. The second kappa shape index (κ2) is 11.4. The molecule has 1 saturated heterocycles. The minimum Gasteiger partial charge on any atom is -0.426 e. The van der Waals surface area contributed by atoms with Crippen molar-refractivity contribution in [1.82, 2.24) is 19.9 Å². The highest BCUT2D eigenvalue weighted by molar-refractivity contribution is 5.72. The molecule has 2 fully saturated rings. The molecule has 0 unspecified atom stereocenters. The Labute approximate surface area is 244 Å². The van der Waals surface area contributed by atoms with E-state index in [1.54, 1.807) is 13.8 Å². The maximum absolute atomic E-state index is 15.1. The minimum atomic E-state index is -3.54. The van der Waals surface area contributed by atoms with Gasteiger partial charge in [0.2, 0.25) is 0 Å². The average Bonchev–Trinajstić information content (AvgIpc) is 3.49. The Kier molecular flexibility index (Phi) is 7.85. The minimum absolute atomic E-state index is 0.0956. The fraction of sp³-hybridized carbons (Fsp3) is 0.531. The maximum Gasteiger partial charge on any atom is 0.416 e. The van der Waals surface area contributed by atoms with Gasteiger partial charge in [0.05, 0.1) is 18.3 Å². The van der Waals surface area contributed by atoms with Crippen molar-refractivity contribution >= 4 is 5.69 Å². The number of likely N-dealkylation sites (tertiary alicyclic amines) is 1. The number of pyridine rings is 1. The van der Waals surface area contributed by atoms with Gasteiger partial charge in [0.25, 0.3) is 0 Å².